The largest absolute Gasteiger partial charge is 0.469 e. The van der Waals surface area contributed by atoms with Crippen molar-refractivity contribution in [2.24, 2.45) is 5.92 Å². The third-order valence-corrected chi connectivity index (χ3v) is 5.25. The van der Waals surface area contributed by atoms with Gasteiger partial charge in [-0.3, -0.25) is 4.79 Å². The van der Waals surface area contributed by atoms with Gasteiger partial charge in [-0.05, 0) is 25.0 Å². The first-order valence-corrected chi connectivity index (χ1v) is 8.95. The van der Waals surface area contributed by atoms with Gasteiger partial charge in [0.05, 0.1) is 25.0 Å². The van der Waals surface area contributed by atoms with Crippen molar-refractivity contribution in [1.82, 2.24) is 10.3 Å². The Morgan fingerprint density at radius 3 is 3.09 bits per heavy atom. The second-order valence-corrected chi connectivity index (χ2v) is 6.73. The Hall–Kier alpha value is -1.66. The van der Waals surface area contributed by atoms with Crippen molar-refractivity contribution >= 4 is 17.3 Å². The van der Waals surface area contributed by atoms with Gasteiger partial charge in [0.2, 0.25) is 0 Å². The topological polar surface area (TPSA) is 64.4 Å². The molecule has 1 aliphatic carbocycles. The zero-order valence-corrected chi connectivity index (χ0v) is 14.1. The number of aromatic nitrogens is 1. The van der Waals surface area contributed by atoms with Crippen LogP contribution in [0.1, 0.15) is 37.8 Å². The van der Waals surface area contributed by atoms with Gasteiger partial charge in [0.15, 0.2) is 10.8 Å². The van der Waals surface area contributed by atoms with E-state index >= 15 is 0 Å². The molecule has 2 aromatic heterocycles. The van der Waals surface area contributed by atoms with E-state index in [-0.39, 0.29) is 17.9 Å². The van der Waals surface area contributed by atoms with Crippen molar-refractivity contribution in [3.63, 3.8) is 0 Å². The van der Waals surface area contributed by atoms with Crippen LogP contribution in [0, 0.1) is 5.92 Å². The number of esters is 1. The number of carbonyl (C=O) groups excluding carboxylic acids is 1. The number of nitrogens with one attached hydrogen (secondary N) is 1. The first-order valence-electron chi connectivity index (χ1n) is 8.07. The van der Waals surface area contributed by atoms with Crippen LogP contribution in [-0.4, -0.2) is 24.1 Å². The monoisotopic (exact) mass is 334 g/mol. The Kier molecular flexibility index (Phi) is 5.46. The van der Waals surface area contributed by atoms with E-state index in [1.54, 1.807) is 17.6 Å². The van der Waals surface area contributed by atoms with Crippen molar-refractivity contribution in [2.75, 3.05) is 7.11 Å². The molecule has 1 aliphatic rings. The minimum absolute atomic E-state index is 0.0503. The lowest BCUT2D eigenvalue weighted by molar-refractivity contribution is -0.146. The fraction of sp³-hybridized carbons (Fsp3) is 0.529. The van der Waals surface area contributed by atoms with Crippen LogP contribution >= 0.6 is 11.3 Å². The summed E-state index contributed by atoms with van der Waals surface area (Å²) in [6, 6.07) is 3.94. The first kappa shape index (κ1) is 16.2. The number of rotatable bonds is 5. The van der Waals surface area contributed by atoms with E-state index in [1.807, 2.05) is 17.5 Å². The highest BCUT2D eigenvalue weighted by atomic mass is 32.1. The molecule has 1 fully saturated rings. The van der Waals surface area contributed by atoms with E-state index in [2.05, 4.69) is 10.3 Å². The van der Waals surface area contributed by atoms with Crippen LogP contribution in [0.2, 0.25) is 0 Å². The fourth-order valence-electron chi connectivity index (χ4n) is 3.12. The number of thiazole rings is 1. The molecular weight excluding hydrogens is 312 g/mol. The molecule has 3 rings (SSSR count). The molecular formula is C17H22N2O3S. The summed E-state index contributed by atoms with van der Waals surface area (Å²) >= 11 is 1.57. The summed E-state index contributed by atoms with van der Waals surface area (Å²) in [4.78, 5) is 16.6. The van der Waals surface area contributed by atoms with E-state index in [9.17, 15) is 4.79 Å². The molecule has 5 nitrogen and oxygen atoms in total. The first-order chi connectivity index (χ1) is 11.3. The Morgan fingerprint density at radius 1 is 1.43 bits per heavy atom. The zero-order chi connectivity index (χ0) is 16.1. The average molecular weight is 334 g/mol. The van der Waals surface area contributed by atoms with Gasteiger partial charge in [-0.2, -0.15) is 0 Å². The summed E-state index contributed by atoms with van der Waals surface area (Å²) < 4.78 is 10.3. The van der Waals surface area contributed by atoms with Crippen LogP contribution in [0.15, 0.2) is 28.2 Å². The van der Waals surface area contributed by atoms with Gasteiger partial charge in [-0.25, -0.2) is 4.98 Å². The van der Waals surface area contributed by atoms with Crippen LogP contribution in [0.5, 0.6) is 0 Å². The lowest BCUT2D eigenvalue weighted by Crippen LogP contribution is -2.39. The lowest BCUT2D eigenvalue weighted by Gasteiger charge is -2.23. The Morgan fingerprint density at radius 2 is 2.30 bits per heavy atom. The van der Waals surface area contributed by atoms with E-state index < -0.39 is 0 Å². The van der Waals surface area contributed by atoms with Gasteiger partial charge < -0.3 is 14.5 Å². The van der Waals surface area contributed by atoms with Crippen LogP contribution in [0.25, 0.3) is 10.8 Å². The number of carbonyl (C=O) groups is 1. The molecule has 2 heterocycles. The van der Waals surface area contributed by atoms with Crippen molar-refractivity contribution in [3.8, 4) is 10.8 Å². The molecule has 0 radical (unpaired) electrons. The molecule has 0 aromatic carbocycles. The highest BCUT2D eigenvalue weighted by Crippen LogP contribution is 2.26. The second-order valence-electron chi connectivity index (χ2n) is 5.88. The summed E-state index contributed by atoms with van der Waals surface area (Å²) in [5.41, 5.74) is 0.981. The molecule has 0 amide bonds. The molecule has 0 unspecified atom stereocenters. The molecule has 0 bridgehead atoms. The van der Waals surface area contributed by atoms with E-state index in [0.29, 0.717) is 6.54 Å². The highest BCUT2D eigenvalue weighted by Gasteiger charge is 2.30. The van der Waals surface area contributed by atoms with E-state index in [1.165, 1.54) is 13.5 Å². The van der Waals surface area contributed by atoms with Crippen molar-refractivity contribution in [2.45, 2.75) is 44.7 Å². The number of hydrogen-bond donors (Lipinski definition) is 1. The fourth-order valence-corrected chi connectivity index (χ4v) is 3.91. The zero-order valence-electron chi connectivity index (χ0n) is 13.3. The summed E-state index contributed by atoms with van der Waals surface area (Å²) in [6.07, 6.45) is 7.00. The quantitative estimate of drug-likeness (QED) is 0.668. The van der Waals surface area contributed by atoms with Crippen LogP contribution in [0.3, 0.4) is 0 Å². The number of furan rings is 1. The Labute approximate surface area is 140 Å². The van der Waals surface area contributed by atoms with Gasteiger partial charge in [0.1, 0.15) is 0 Å². The smallest absolute Gasteiger partial charge is 0.310 e. The molecule has 2 aromatic rings. The lowest BCUT2D eigenvalue weighted by atomic mass is 9.95. The predicted molar refractivity (Wildman–Crippen MR) is 89.0 cm³/mol. The van der Waals surface area contributed by atoms with Gasteiger partial charge in [-0.1, -0.05) is 19.3 Å². The third-order valence-electron chi connectivity index (χ3n) is 4.35. The summed E-state index contributed by atoms with van der Waals surface area (Å²) in [7, 11) is 1.47. The van der Waals surface area contributed by atoms with Crippen molar-refractivity contribution < 1.29 is 13.9 Å². The third kappa shape index (κ3) is 4.00. The second kappa shape index (κ2) is 7.75. The van der Waals surface area contributed by atoms with Crippen molar-refractivity contribution in [1.29, 1.82) is 0 Å². The SMILES string of the molecule is COC(=O)[C@@H]1CCCCC[C@@H]1NCc1csc(-c2ccco2)n1. The molecule has 2 atom stereocenters. The van der Waals surface area contributed by atoms with Crippen LogP contribution in [0.4, 0.5) is 0 Å². The van der Waals surface area contributed by atoms with Crippen molar-refractivity contribution in [3.05, 3.63) is 29.5 Å². The van der Waals surface area contributed by atoms with E-state index in [4.69, 9.17) is 9.15 Å². The summed E-state index contributed by atoms with van der Waals surface area (Å²) in [5.74, 6) is 0.646. The van der Waals surface area contributed by atoms with Crippen LogP contribution < -0.4 is 5.32 Å². The van der Waals surface area contributed by atoms with Gasteiger partial charge in [0.25, 0.3) is 0 Å². The Balaban J connectivity index is 1.62. The van der Waals surface area contributed by atoms with Crippen LogP contribution in [-0.2, 0) is 16.1 Å². The normalized spacial score (nSPS) is 21.8. The minimum Gasteiger partial charge on any atom is -0.469 e. The minimum atomic E-state index is -0.0982. The van der Waals surface area contributed by atoms with E-state index in [0.717, 1.165) is 42.1 Å². The summed E-state index contributed by atoms with van der Waals surface area (Å²) in [5, 5.41) is 6.44. The summed E-state index contributed by atoms with van der Waals surface area (Å²) in [6.45, 7) is 0.662. The maximum Gasteiger partial charge on any atom is 0.310 e. The Bertz CT molecular complexity index is 624. The highest BCUT2D eigenvalue weighted by molar-refractivity contribution is 7.13. The van der Waals surface area contributed by atoms with Gasteiger partial charge in [-0.15, -0.1) is 11.3 Å². The average Bonchev–Trinajstić information content (AvgIpc) is 3.20. The maximum absolute atomic E-state index is 12.0. The number of ether oxygens (including phenoxy) is 1. The number of methoxy groups -OCH3 is 1. The molecule has 124 valence electrons. The predicted octanol–water partition coefficient (Wildman–Crippen LogP) is 3.61. The molecule has 23 heavy (non-hydrogen) atoms. The van der Waals surface area contributed by atoms with Gasteiger partial charge in [0, 0.05) is 18.0 Å². The molecule has 1 N–H and O–H groups in total. The molecule has 0 spiro atoms. The molecule has 6 heteroatoms. The standard InChI is InChI=1S/C17H22N2O3S/c1-21-17(20)13-6-3-2-4-7-14(13)18-10-12-11-23-16(19-12)15-8-5-9-22-15/h5,8-9,11,13-14,18H,2-4,6-7,10H2,1H3/t13-,14+/m1/s1. The molecule has 1 saturated carbocycles. The molecule has 0 saturated heterocycles. The number of hydrogen-bond acceptors (Lipinski definition) is 6. The number of nitrogens with zero attached hydrogens (tertiary/aromatic N) is 1. The molecule has 0 aliphatic heterocycles. The maximum atomic E-state index is 12.0. The van der Waals surface area contributed by atoms with Gasteiger partial charge >= 0.3 is 5.97 Å².